The standard InChI is InChI=1S/2C5H6O4.2CH3.Sn/c2*1-3(5(8)9)2-4(6)7;;;/h2*2H,1H3,(H,6,7)(H,8,9);2*1H3;/q;;;;+4/p-4/b2*3-2-;;;. The van der Waals surface area contributed by atoms with Crippen molar-refractivity contribution < 1.29 is 39.6 Å². The zero-order valence-electron chi connectivity index (χ0n) is 11.9. The molecule has 0 saturated carbocycles. The molecule has 9 heteroatoms. The Morgan fingerprint density at radius 3 is 0.952 bits per heavy atom. The summed E-state index contributed by atoms with van der Waals surface area (Å²) >= 11 is 0.230. The third-order valence-corrected chi connectivity index (χ3v) is 1.31. The quantitative estimate of drug-likeness (QED) is 0.335. The second-order valence-electron chi connectivity index (χ2n) is 3.37. The molecule has 6 radical (unpaired) electrons. The molecule has 0 heterocycles. The topological polar surface area (TPSA) is 161 Å². The second-order valence-corrected chi connectivity index (χ2v) is 6.22. The Kier molecular flexibility index (Phi) is 16.8. The first kappa shape index (κ1) is 24.2. The number of carboxylic acids is 4. The van der Waals surface area contributed by atoms with Gasteiger partial charge >= 0.3 is 31.0 Å². The van der Waals surface area contributed by atoms with E-state index in [4.69, 9.17) is 0 Å². The van der Waals surface area contributed by atoms with Crippen LogP contribution in [0.15, 0.2) is 23.3 Å². The number of carboxylic acid groups (broad SMARTS) is 4. The molecule has 0 rings (SSSR count). The molecule has 0 bridgehead atoms. The van der Waals surface area contributed by atoms with E-state index in [1.54, 1.807) is 0 Å². The molecule has 0 amide bonds. The number of hydrogen-bond donors (Lipinski definition) is 0. The number of aliphatic carboxylic acids is 4. The summed E-state index contributed by atoms with van der Waals surface area (Å²) in [6, 6.07) is 0. The van der Waals surface area contributed by atoms with Gasteiger partial charge in [0, 0.05) is 0 Å². The Balaban J connectivity index is -0.000000260. The molecule has 21 heavy (non-hydrogen) atoms. The Hall–Kier alpha value is -1.84. The van der Waals surface area contributed by atoms with Crippen LogP contribution in [0.1, 0.15) is 13.8 Å². The van der Waals surface area contributed by atoms with E-state index < -0.39 is 23.9 Å². The van der Waals surface area contributed by atoms with Gasteiger partial charge in [0.05, 0.1) is 23.9 Å². The first-order chi connectivity index (χ1) is 9.49. The van der Waals surface area contributed by atoms with Crippen LogP contribution in [0.2, 0.25) is 9.88 Å². The van der Waals surface area contributed by atoms with Crippen LogP contribution in [-0.4, -0.2) is 45.0 Å². The number of carbonyl (C=O) groups is 4. The van der Waals surface area contributed by atoms with Crippen LogP contribution in [0.3, 0.4) is 0 Å². The third-order valence-electron chi connectivity index (χ3n) is 1.31. The number of carbonyl (C=O) groups excluding carboxylic acids is 4. The SMILES string of the molecule is C/C(=C/C(=O)[O-])C(=O)[O-].C/C(=C/C(=O)[O-])C(=O)[O-].[CH3][Sn+4][CH3]. The van der Waals surface area contributed by atoms with Gasteiger partial charge in [-0.25, -0.2) is 0 Å². The molecule has 0 aromatic heterocycles. The fourth-order valence-electron chi connectivity index (χ4n) is 0.471. The molecule has 0 aromatic rings. The van der Waals surface area contributed by atoms with Crippen LogP contribution in [-0.2, 0) is 19.2 Å². The van der Waals surface area contributed by atoms with Crippen LogP contribution in [0.25, 0.3) is 0 Å². The maximum atomic E-state index is 9.76. The Labute approximate surface area is 132 Å². The van der Waals surface area contributed by atoms with E-state index in [2.05, 4.69) is 9.88 Å². The molecule has 0 aliphatic carbocycles. The van der Waals surface area contributed by atoms with Gasteiger partial charge in [-0.3, -0.25) is 0 Å². The minimum atomic E-state index is -1.53. The molecule has 8 nitrogen and oxygen atoms in total. The zero-order valence-corrected chi connectivity index (χ0v) is 14.8. The number of hydrogen-bond acceptors (Lipinski definition) is 8. The van der Waals surface area contributed by atoms with E-state index in [1.165, 1.54) is 0 Å². The average Bonchev–Trinajstić information content (AvgIpc) is 2.28. The fourth-order valence-corrected chi connectivity index (χ4v) is 0.471. The molecule has 0 atom stereocenters. The molecular formula is C12H14O8Sn. The van der Waals surface area contributed by atoms with Crippen LogP contribution >= 0.6 is 0 Å². The van der Waals surface area contributed by atoms with Gasteiger partial charge < -0.3 is 39.6 Å². The van der Waals surface area contributed by atoms with Crippen molar-refractivity contribution in [2.24, 2.45) is 0 Å². The Morgan fingerprint density at radius 2 is 0.905 bits per heavy atom. The van der Waals surface area contributed by atoms with E-state index in [-0.39, 0.29) is 32.3 Å². The van der Waals surface area contributed by atoms with Gasteiger partial charge in [-0.2, -0.15) is 0 Å². The summed E-state index contributed by atoms with van der Waals surface area (Å²) in [6.45, 7) is 2.23. The molecule has 0 spiro atoms. The normalized spacial score (nSPS) is 10.3. The molecule has 0 N–H and O–H groups in total. The third kappa shape index (κ3) is 23.7. The predicted octanol–water partition coefficient (Wildman–Crippen LogP) is -4.35. The predicted molar refractivity (Wildman–Crippen MR) is 65.0 cm³/mol. The van der Waals surface area contributed by atoms with Gasteiger partial charge in [0.25, 0.3) is 0 Å². The van der Waals surface area contributed by atoms with E-state index in [9.17, 15) is 39.6 Å². The molecular weight excluding hydrogens is 391 g/mol. The number of rotatable bonds is 4. The van der Waals surface area contributed by atoms with Gasteiger partial charge in [0.15, 0.2) is 0 Å². The molecule has 114 valence electrons. The minimum absolute atomic E-state index is 0.230. The fraction of sp³-hybridized carbons (Fsp3) is 0.333. The van der Waals surface area contributed by atoms with Crippen LogP contribution in [0.5, 0.6) is 0 Å². The summed E-state index contributed by atoms with van der Waals surface area (Å²) < 4.78 is 0. The summed E-state index contributed by atoms with van der Waals surface area (Å²) in [4.78, 5) is 43.4. The summed E-state index contributed by atoms with van der Waals surface area (Å²) in [5.41, 5.74) is -0.704. The second kappa shape index (κ2) is 14.6. The first-order valence-corrected chi connectivity index (χ1v) is 11.0. The maximum absolute atomic E-state index is 9.76. The summed E-state index contributed by atoms with van der Waals surface area (Å²) in [6.07, 6.45) is 0.935. The molecule has 0 fully saturated rings. The molecule has 0 aliphatic heterocycles. The molecule has 0 aromatic carbocycles. The van der Waals surface area contributed by atoms with E-state index in [0.29, 0.717) is 12.2 Å². The van der Waals surface area contributed by atoms with Crippen molar-refractivity contribution in [3.05, 3.63) is 23.3 Å². The summed E-state index contributed by atoms with van der Waals surface area (Å²) in [7, 11) is 0. The van der Waals surface area contributed by atoms with Crippen molar-refractivity contribution in [3.8, 4) is 0 Å². The van der Waals surface area contributed by atoms with Crippen LogP contribution in [0.4, 0.5) is 0 Å². The van der Waals surface area contributed by atoms with Gasteiger partial charge in [-0.15, -0.1) is 0 Å². The average molecular weight is 405 g/mol. The molecule has 0 aliphatic rings. The van der Waals surface area contributed by atoms with Crippen LogP contribution < -0.4 is 20.4 Å². The Bertz CT molecular complexity index is 397. The van der Waals surface area contributed by atoms with Crippen molar-refractivity contribution in [2.75, 3.05) is 0 Å². The van der Waals surface area contributed by atoms with Crippen molar-refractivity contribution in [2.45, 2.75) is 23.7 Å². The van der Waals surface area contributed by atoms with Crippen molar-refractivity contribution in [3.63, 3.8) is 0 Å². The monoisotopic (exact) mass is 406 g/mol. The van der Waals surface area contributed by atoms with Crippen molar-refractivity contribution in [1.82, 2.24) is 0 Å². The zero-order chi connectivity index (χ0) is 17.6. The summed E-state index contributed by atoms with van der Waals surface area (Å²) in [5.74, 6) is -6.06. The van der Waals surface area contributed by atoms with Gasteiger partial charge in [0.1, 0.15) is 0 Å². The van der Waals surface area contributed by atoms with Gasteiger partial charge in [0.2, 0.25) is 0 Å². The first-order valence-electron chi connectivity index (χ1n) is 5.29. The summed E-state index contributed by atoms with van der Waals surface area (Å²) in [5, 5.41) is 38.8. The van der Waals surface area contributed by atoms with E-state index >= 15 is 0 Å². The van der Waals surface area contributed by atoms with Crippen LogP contribution in [0, 0.1) is 0 Å². The molecule has 0 saturated heterocycles. The van der Waals surface area contributed by atoms with E-state index in [0.717, 1.165) is 13.8 Å². The van der Waals surface area contributed by atoms with Crippen molar-refractivity contribution >= 4 is 45.0 Å². The molecule has 0 unspecified atom stereocenters. The van der Waals surface area contributed by atoms with Gasteiger partial charge in [-0.05, 0) is 37.1 Å². The van der Waals surface area contributed by atoms with E-state index in [1.807, 2.05) is 0 Å². The Morgan fingerprint density at radius 1 is 0.714 bits per heavy atom. The van der Waals surface area contributed by atoms with Gasteiger partial charge in [-0.1, -0.05) is 0 Å². The van der Waals surface area contributed by atoms with Crippen molar-refractivity contribution in [1.29, 1.82) is 0 Å².